The molecule has 0 bridgehead atoms. The summed E-state index contributed by atoms with van der Waals surface area (Å²) in [5.41, 5.74) is 0.329. The summed E-state index contributed by atoms with van der Waals surface area (Å²) in [4.78, 5) is 20.4. The van der Waals surface area contributed by atoms with Crippen molar-refractivity contribution in [3.63, 3.8) is 0 Å². The summed E-state index contributed by atoms with van der Waals surface area (Å²) in [6.07, 6.45) is 1.87. The van der Waals surface area contributed by atoms with E-state index in [2.05, 4.69) is 20.6 Å². The predicted molar refractivity (Wildman–Crippen MR) is 70.6 cm³/mol. The van der Waals surface area contributed by atoms with Crippen LogP contribution in [0.2, 0.25) is 5.15 Å². The van der Waals surface area contributed by atoms with Crippen molar-refractivity contribution in [3.05, 3.63) is 16.9 Å². The first-order valence-corrected chi connectivity index (χ1v) is 6.41. The van der Waals surface area contributed by atoms with Crippen LogP contribution in [0.25, 0.3) is 0 Å². The van der Waals surface area contributed by atoms with Crippen LogP contribution in [-0.4, -0.2) is 29.0 Å². The molecule has 1 atom stereocenters. The number of aryl methyl sites for hydroxylation is 1. The molecule has 1 aliphatic rings. The number of nitrogens with one attached hydrogen (secondary N) is 2. The van der Waals surface area contributed by atoms with Gasteiger partial charge in [0.05, 0.1) is 5.41 Å². The maximum absolute atomic E-state index is 12.2. The standard InChI is InChI=1S/C12H17ClN4O/c1-8-6-9(13)16-11(15-8)17-10(18)12(2)4-3-5-14-7-12/h6,14H,3-5,7H2,1-2H3,(H,15,16,17,18). The molecule has 1 unspecified atom stereocenters. The fourth-order valence-corrected chi connectivity index (χ4v) is 2.33. The van der Waals surface area contributed by atoms with Gasteiger partial charge in [0.1, 0.15) is 5.15 Å². The maximum Gasteiger partial charge on any atom is 0.233 e. The van der Waals surface area contributed by atoms with Crippen molar-refractivity contribution in [2.75, 3.05) is 18.4 Å². The van der Waals surface area contributed by atoms with E-state index in [9.17, 15) is 4.79 Å². The molecule has 1 aliphatic heterocycles. The molecule has 1 saturated heterocycles. The van der Waals surface area contributed by atoms with Gasteiger partial charge in [-0.1, -0.05) is 11.6 Å². The summed E-state index contributed by atoms with van der Waals surface area (Å²) < 4.78 is 0. The first kappa shape index (κ1) is 13.2. The zero-order valence-electron chi connectivity index (χ0n) is 10.6. The van der Waals surface area contributed by atoms with Gasteiger partial charge in [-0.25, -0.2) is 9.97 Å². The Morgan fingerprint density at radius 2 is 2.33 bits per heavy atom. The molecule has 1 aromatic rings. The average molecular weight is 269 g/mol. The number of aromatic nitrogens is 2. The minimum atomic E-state index is -0.405. The van der Waals surface area contributed by atoms with Crippen molar-refractivity contribution in [1.29, 1.82) is 0 Å². The largest absolute Gasteiger partial charge is 0.316 e. The van der Waals surface area contributed by atoms with E-state index in [4.69, 9.17) is 11.6 Å². The van der Waals surface area contributed by atoms with Crippen LogP contribution in [0.3, 0.4) is 0 Å². The van der Waals surface area contributed by atoms with Gasteiger partial charge in [-0.05, 0) is 39.3 Å². The van der Waals surface area contributed by atoms with Gasteiger partial charge < -0.3 is 5.32 Å². The highest BCUT2D eigenvalue weighted by molar-refractivity contribution is 6.29. The highest BCUT2D eigenvalue weighted by atomic mass is 35.5. The second-order valence-corrected chi connectivity index (χ2v) is 5.34. The number of carbonyl (C=O) groups excluding carboxylic acids is 1. The molecule has 0 aliphatic carbocycles. The first-order valence-electron chi connectivity index (χ1n) is 6.03. The normalized spacial score (nSPS) is 23.7. The summed E-state index contributed by atoms with van der Waals surface area (Å²) in [5.74, 6) is 0.216. The van der Waals surface area contributed by atoms with Crippen molar-refractivity contribution in [2.24, 2.45) is 5.41 Å². The van der Waals surface area contributed by atoms with Crippen LogP contribution in [0.15, 0.2) is 6.07 Å². The first-order chi connectivity index (χ1) is 8.49. The number of hydrogen-bond donors (Lipinski definition) is 2. The van der Waals surface area contributed by atoms with Crippen LogP contribution in [0, 0.1) is 12.3 Å². The third kappa shape index (κ3) is 2.97. The zero-order chi connectivity index (χ0) is 13.2. The Morgan fingerprint density at radius 1 is 1.56 bits per heavy atom. The van der Waals surface area contributed by atoms with Gasteiger partial charge in [0, 0.05) is 12.2 Å². The van der Waals surface area contributed by atoms with E-state index in [1.165, 1.54) is 0 Å². The minimum absolute atomic E-state index is 0.0589. The second kappa shape index (κ2) is 5.20. The van der Waals surface area contributed by atoms with Crippen molar-refractivity contribution in [1.82, 2.24) is 15.3 Å². The predicted octanol–water partition coefficient (Wildman–Crippen LogP) is 1.77. The maximum atomic E-state index is 12.2. The van der Waals surface area contributed by atoms with Crippen LogP contribution < -0.4 is 10.6 Å². The lowest BCUT2D eigenvalue weighted by molar-refractivity contribution is -0.125. The number of carbonyl (C=O) groups is 1. The monoisotopic (exact) mass is 268 g/mol. The van der Waals surface area contributed by atoms with Gasteiger partial charge in [-0.3, -0.25) is 10.1 Å². The van der Waals surface area contributed by atoms with Gasteiger partial charge in [-0.15, -0.1) is 0 Å². The molecular formula is C12H17ClN4O. The van der Waals surface area contributed by atoms with E-state index < -0.39 is 5.41 Å². The van der Waals surface area contributed by atoms with E-state index in [1.807, 2.05) is 13.8 Å². The van der Waals surface area contributed by atoms with Gasteiger partial charge in [-0.2, -0.15) is 0 Å². The van der Waals surface area contributed by atoms with Gasteiger partial charge in [0.2, 0.25) is 11.9 Å². The Labute approximate surface area is 111 Å². The summed E-state index contributed by atoms with van der Waals surface area (Å²) >= 11 is 5.84. The Hall–Kier alpha value is -1.20. The number of hydrogen-bond acceptors (Lipinski definition) is 4. The minimum Gasteiger partial charge on any atom is -0.316 e. The Bertz CT molecular complexity index is 437. The lowest BCUT2D eigenvalue weighted by atomic mass is 9.82. The van der Waals surface area contributed by atoms with Gasteiger partial charge in [0.15, 0.2) is 0 Å². The molecule has 2 heterocycles. The summed E-state index contributed by atoms with van der Waals surface area (Å²) in [7, 11) is 0. The number of nitrogens with zero attached hydrogens (tertiary/aromatic N) is 2. The van der Waals surface area contributed by atoms with E-state index in [-0.39, 0.29) is 11.9 Å². The third-order valence-corrected chi connectivity index (χ3v) is 3.39. The molecule has 5 nitrogen and oxygen atoms in total. The molecule has 2 rings (SSSR count). The molecule has 0 aromatic carbocycles. The molecule has 0 spiro atoms. The molecule has 0 radical (unpaired) electrons. The summed E-state index contributed by atoms with van der Waals surface area (Å²) in [6.45, 7) is 5.41. The van der Waals surface area contributed by atoms with E-state index in [0.717, 1.165) is 25.1 Å². The fraction of sp³-hybridized carbons (Fsp3) is 0.583. The molecule has 18 heavy (non-hydrogen) atoms. The smallest absolute Gasteiger partial charge is 0.233 e. The van der Waals surface area contributed by atoms with Crippen LogP contribution >= 0.6 is 11.6 Å². The fourth-order valence-electron chi connectivity index (χ4n) is 2.09. The number of amides is 1. The number of rotatable bonds is 2. The van der Waals surface area contributed by atoms with Crippen LogP contribution in [0.5, 0.6) is 0 Å². The molecule has 98 valence electrons. The van der Waals surface area contributed by atoms with Crippen LogP contribution in [0.1, 0.15) is 25.5 Å². The Balaban J connectivity index is 2.10. The Kier molecular flexibility index (Phi) is 3.82. The second-order valence-electron chi connectivity index (χ2n) is 4.95. The molecule has 1 fully saturated rings. The van der Waals surface area contributed by atoms with E-state index >= 15 is 0 Å². The molecule has 1 aromatic heterocycles. The number of piperidine rings is 1. The van der Waals surface area contributed by atoms with Crippen molar-refractivity contribution in [2.45, 2.75) is 26.7 Å². The molecule has 2 N–H and O–H groups in total. The summed E-state index contributed by atoms with van der Waals surface area (Å²) in [5, 5.41) is 6.32. The van der Waals surface area contributed by atoms with Gasteiger partial charge >= 0.3 is 0 Å². The highest BCUT2D eigenvalue weighted by Crippen LogP contribution is 2.26. The highest BCUT2D eigenvalue weighted by Gasteiger charge is 2.35. The number of halogens is 1. The lowest BCUT2D eigenvalue weighted by Gasteiger charge is -2.32. The average Bonchev–Trinajstić information content (AvgIpc) is 2.28. The quantitative estimate of drug-likeness (QED) is 0.802. The zero-order valence-corrected chi connectivity index (χ0v) is 11.3. The van der Waals surface area contributed by atoms with E-state index in [1.54, 1.807) is 6.07 Å². The Morgan fingerprint density at radius 3 is 2.94 bits per heavy atom. The van der Waals surface area contributed by atoms with Crippen LogP contribution in [0.4, 0.5) is 5.95 Å². The third-order valence-electron chi connectivity index (χ3n) is 3.19. The molecular weight excluding hydrogens is 252 g/mol. The SMILES string of the molecule is Cc1cc(Cl)nc(NC(=O)C2(C)CCCNC2)n1. The topological polar surface area (TPSA) is 66.9 Å². The van der Waals surface area contributed by atoms with Gasteiger partial charge in [0.25, 0.3) is 0 Å². The lowest BCUT2D eigenvalue weighted by Crippen LogP contribution is -2.46. The number of anilines is 1. The van der Waals surface area contributed by atoms with Crippen molar-refractivity contribution < 1.29 is 4.79 Å². The summed E-state index contributed by atoms with van der Waals surface area (Å²) in [6, 6.07) is 1.65. The van der Waals surface area contributed by atoms with Crippen LogP contribution in [-0.2, 0) is 4.79 Å². The molecule has 6 heteroatoms. The molecule has 0 saturated carbocycles. The van der Waals surface area contributed by atoms with Crippen molar-refractivity contribution >= 4 is 23.5 Å². The van der Waals surface area contributed by atoms with Crippen molar-refractivity contribution in [3.8, 4) is 0 Å². The van der Waals surface area contributed by atoms with E-state index in [0.29, 0.717) is 11.7 Å². The molecule has 1 amide bonds.